The molecule has 128 valence electrons. The molecule has 1 amide bonds. The lowest BCUT2D eigenvalue weighted by Crippen LogP contribution is -2.30. The number of hydrogen-bond donors (Lipinski definition) is 0. The monoisotopic (exact) mass is 335 g/mol. The summed E-state index contributed by atoms with van der Waals surface area (Å²) in [7, 11) is 1.77. The Morgan fingerprint density at radius 3 is 2.60 bits per heavy atom. The van der Waals surface area contributed by atoms with Gasteiger partial charge in [-0.25, -0.2) is 4.68 Å². The highest BCUT2D eigenvalue weighted by Crippen LogP contribution is 2.16. The molecule has 0 bridgehead atoms. The van der Waals surface area contributed by atoms with E-state index in [1.165, 1.54) is 0 Å². The summed E-state index contributed by atoms with van der Waals surface area (Å²) in [6, 6.07) is 17.5. The maximum atomic E-state index is 12.3. The molecule has 3 aromatic rings. The Balaban J connectivity index is 1.57. The maximum absolute atomic E-state index is 12.3. The number of amides is 1. The van der Waals surface area contributed by atoms with E-state index in [1.54, 1.807) is 22.8 Å². The number of aryl methyl sites for hydroxylation is 1. The smallest absolute Gasteiger partial charge is 0.260 e. The molecule has 0 aliphatic carbocycles. The molecular formula is C20H21N3O2. The van der Waals surface area contributed by atoms with Crippen LogP contribution in [0.25, 0.3) is 5.69 Å². The largest absolute Gasteiger partial charge is 0.484 e. The number of para-hydroxylation sites is 2. The van der Waals surface area contributed by atoms with Gasteiger partial charge >= 0.3 is 0 Å². The predicted octanol–water partition coefficient (Wildman–Crippen LogP) is 3.22. The molecule has 0 N–H and O–H groups in total. The van der Waals surface area contributed by atoms with Crippen LogP contribution in [-0.2, 0) is 11.3 Å². The minimum Gasteiger partial charge on any atom is -0.484 e. The first-order valence-corrected chi connectivity index (χ1v) is 8.15. The second-order valence-corrected chi connectivity index (χ2v) is 5.93. The number of likely N-dealkylation sites (N-methyl/N-ethyl adjacent to an activating group) is 1. The van der Waals surface area contributed by atoms with Gasteiger partial charge in [-0.3, -0.25) is 4.79 Å². The molecule has 3 rings (SSSR count). The van der Waals surface area contributed by atoms with Crippen molar-refractivity contribution in [2.45, 2.75) is 13.5 Å². The van der Waals surface area contributed by atoms with Crippen LogP contribution in [0.5, 0.6) is 5.75 Å². The summed E-state index contributed by atoms with van der Waals surface area (Å²) in [5.41, 5.74) is 2.98. The second kappa shape index (κ2) is 7.66. The first-order valence-electron chi connectivity index (χ1n) is 8.15. The lowest BCUT2D eigenvalue weighted by Gasteiger charge is -2.17. The van der Waals surface area contributed by atoms with E-state index >= 15 is 0 Å². The van der Waals surface area contributed by atoms with E-state index in [2.05, 4.69) is 5.10 Å². The molecule has 5 heteroatoms. The molecular weight excluding hydrogens is 314 g/mol. The fourth-order valence-corrected chi connectivity index (χ4v) is 2.49. The van der Waals surface area contributed by atoms with Gasteiger partial charge < -0.3 is 9.64 Å². The van der Waals surface area contributed by atoms with Gasteiger partial charge in [0.05, 0.1) is 11.9 Å². The zero-order valence-electron chi connectivity index (χ0n) is 14.4. The van der Waals surface area contributed by atoms with Gasteiger partial charge in [-0.05, 0) is 30.7 Å². The van der Waals surface area contributed by atoms with Crippen molar-refractivity contribution >= 4 is 5.91 Å². The number of carbonyl (C=O) groups is 1. The Kier molecular flexibility index (Phi) is 5.14. The topological polar surface area (TPSA) is 47.4 Å². The molecule has 1 heterocycles. The van der Waals surface area contributed by atoms with Crippen molar-refractivity contribution in [3.63, 3.8) is 0 Å². The van der Waals surface area contributed by atoms with Crippen molar-refractivity contribution in [1.82, 2.24) is 14.7 Å². The van der Waals surface area contributed by atoms with Gasteiger partial charge in [0.25, 0.3) is 5.91 Å². The number of hydrogen-bond acceptors (Lipinski definition) is 3. The van der Waals surface area contributed by atoms with Crippen molar-refractivity contribution in [1.29, 1.82) is 0 Å². The Morgan fingerprint density at radius 2 is 1.84 bits per heavy atom. The molecule has 0 saturated carbocycles. The average molecular weight is 335 g/mol. The minimum absolute atomic E-state index is 0.0220. The molecule has 0 spiro atoms. The van der Waals surface area contributed by atoms with Crippen molar-refractivity contribution in [2.24, 2.45) is 0 Å². The molecule has 0 aliphatic rings. The zero-order valence-corrected chi connectivity index (χ0v) is 14.4. The number of aromatic nitrogens is 2. The SMILES string of the molecule is Cc1ccccc1OCC(=O)N(C)Cc1cnn(-c2ccccc2)c1. The van der Waals surface area contributed by atoms with Crippen LogP contribution < -0.4 is 4.74 Å². The summed E-state index contributed by atoms with van der Waals surface area (Å²) in [6.45, 7) is 2.47. The number of carbonyl (C=O) groups excluding carboxylic acids is 1. The van der Waals surface area contributed by atoms with Gasteiger partial charge in [0, 0.05) is 25.4 Å². The van der Waals surface area contributed by atoms with Crippen LogP contribution in [0.2, 0.25) is 0 Å². The number of nitrogens with zero attached hydrogens (tertiary/aromatic N) is 3. The van der Waals surface area contributed by atoms with E-state index in [1.807, 2.05) is 67.7 Å². The van der Waals surface area contributed by atoms with Crippen molar-refractivity contribution in [3.8, 4) is 11.4 Å². The Morgan fingerprint density at radius 1 is 1.12 bits per heavy atom. The highest BCUT2D eigenvalue weighted by molar-refractivity contribution is 5.77. The highest BCUT2D eigenvalue weighted by Gasteiger charge is 2.12. The molecule has 0 fully saturated rings. The van der Waals surface area contributed by atoms with Crippen molar-refractivity contribution in [3.05, 3.63) is 78.1 Å². The Labute approximate surface area is 147 Å². The third-order valence-electron chi connectivity index (χ3n) is 3.95. The predicted molar refractivity (Wildman–Crippen MR) is 96.7 cm³/mol. The fraction of sp³-hybridized carbons (Fsp3) is 0.200. The average Bonchev–Trinajstić information content (AvgIpc) is 3.10. The van der Waals surface area contributed by atoms with Crippen LogP contribution in [0.4, 0.5) is 0 Å². The van der Waals surface area contributed by atoms with E-state index < -0.39 is 0 Å². The molecule has 5 nitrogen and oxygen atoms in total. The summed E-state index contributed by atoms with van der Waals surface area (Å²) in [5.74, 6) is 0.664. The summed E-state index contributed by atoms with van der Waals surface area (Å²) in [5, 5.41) is 4.35. The molecule has 25 heavy (non-hydrogen) atoms. The number of rotatable bonds is 6. The molecule has 2 aromatic carbocycles. The van der Waals surface area contributed by atoms with Gasteiger partial charge in [-0.1, -0.05) is 36.4 Å². The van der Waals surface area contributed by atoms with Crippen LogP contribution in [0.3, 0.4) is 0 Å². The molecule has 0 radical (unpaired) electrons. The Bertz CT molecular complexity index is 843. The lowest BCUT2D eigenvalue weighted by atomic mass is 10.2. The van der Waals surface area contributed by atoms with Crippen LogP contribution in [0, 0.1) is 6.92 Å². The quantitative estimate of drug-likeness (QED) is 0.695. The highest BCUT2D eigenvalue weighted by atomic mass is 16.5. The summed E-state index contributed by atoms with van der Waals surface area (Å²) < 4.78 is 7.42. The molecule has 0 atom stereocenters. The van der Waals surface area contributed by atoms with Crippen LogP contribution >= 0.6 is 0 Å². The van der Waals surface area contributed by atoms with Gasteiger partial charge in [-0.2, -0.15) is 5.10 Å². The zero-order chi connectivity index (χ0) is 17.6. The summed E-state index contributed by atoms with van der Waals surface area (Å²) >= 11 is 0. The Hall–Kier alpha value is -3.08. The van der Waals surface area contributed by atoms with E-state index in [0.717, 1.165) is 22.6 Å². The van der Waals surface area contributed by atoms with Crippen LogP contribution in [-0.4, -0.2) is 34.2 Å². The van der Waals surface area contributed by atoms with Crippen LogP contribution in [0.1, 0.15) is 11.1 Å². The van der Waals surface area contributed by atoms with E-state index in [-0.39, 0.29) is 12.5 Å². The second-order valence-electron chi connectivity index (χ2n) is 5.93. The van der Waals surface area contributed by atoms with Crippen molar-refractivity contribution in [2.75, 3.05) is 13.7 Å². The maximum Gasteiger partial charge on any atom is 0.260 e. The lowest BCUT2D eigenvalue weighted by molar-refractivity contribution is -0.132. The third kappa shape index (κ3) is 4.26. The van der Waals surface area contributed by atoms with Gasteiger partial charge in [-0.15, -0.1) is 0 Å². The van der Waals surface area contributed by atoms with E-state index in [9.17, 15) is 4.79 Å². The number of ether oxygens (including phenoxy) is 1. The fourth-order valence-electron chi connectivity index (χ4n) is 2.49. The first kappa shape index (κ1) is 16.8. The summed E-state index contributed by atoms with van der Waals surface area (Å²) in [4.78, 5) is 13.9. The molecule has 0 unspecified atom stereocenters. The minimum atomic E-state index is -0.0734. The molecule has 0 saturated heterocycles. The molecule has 0 aliphatic heterocycles. The van der Waals surface area contributed by atoms with Crippen molar-refractivity contribution < 1.29 is 9.53 Å². The van der Waals surface area contributed by atoms with Gasteiger partial charge in [0.1, 0.15) is 5.75 Å². The standard InChI is InChI=1S/C20H21N3O2/c1-16-8-6-7-11-19(16)25-15-20(24)22(2)13-17-12-21-23(14-17)18-9-4-3-5-10-18/h3-12,14H,13,15H2,1-2H3. The normalized spacial score (nSPS) is 10.5. The van der Waals surface area contributed by atoms with Gasteiger partial charge in [0.15, 0.2) is 6.61 Å². The van der Waals surface area contributed by atoms with Crippen LogP contribution in [0.15, 0.2) is 67.0 Å². The number of benzene rings is 2. The van der Waals surface area contributed by atoms with Gasteiger partial charge in [0.2, 0.25) is 0 Å². The van der Waals surface area contributed by atoms with E-state index in [4.69, 9.17) is 4.74 Å². The van der Waals surface area contributed by atoms with E-state index in [0.29, 0.717) is 6.54 Å². The third-order valence-corrected chi connectivity index (χ3v) is 3.95. The summed E-state index contributed by atoms with van der Waals surface area (Å²) in [6.07, 6.45) is 3.71. The first-order chi connectivity index (χ1) is 12.1. The molecule has 1 aromatic heterocycles.